The Kier molecular flexibility index (Phi) is 3.08. The molecule has 0 spiro atoms. The fourth-order valence-electron chi connectivity index (χ4n) is 1.59. The standard InChI is InChI=1S/C13H14FNS/c1-8-3-5-10(7-11(8)14)13(15)12-6-4-9(2)16-12/h3-7,13H,15H2,1-2H3. The third kappa shape index (κ3) is 2.15. The van der Waals surface area contributed by atoms with Crippen molar-refractivity contribution in [3.05, 3.63) is 57.0 Å². The first-order valence-electron chi connectivity index (χ1n) is 5.16. The largest absolute Gasteiger partial charge is 0.320 e. The molecule has 1 aromatic heterocycles. The molecule has 16 heavy (non-hydrogen) atoms. The van der Waals surface area contributed by atoms with Gasteiger partial charge in [0.15, 0.2) is 0 Å². The highest BCUT2D eigenvalue weighted by Gasteiger charge is 2.12. The summed E-state index contributed by atoms with van der Waals surface area (Å²) in [5.41, 5.74) is 7.57. The van der Waals surface area contributed by atoms with E-state index in [0.717, 1.165) is 10.4 Å². The maximum Gasteiger partial charge on any atom is 0.126 e. The number of nitrogens with two attached hydrogens (primary N) is 1. The molecule has 0 bridgehead atoms. The number of aryl methyl sites for hydroxylation is 2. The molecule has 0 saturated heterocycles. The first-order chi connectivity index (χ1) is 7.58. The summed E-state index contributed by atoms with van der Waals surface area (Å²) in [7, 11) is 0. The average Bonchev–Trinajstić information content (AvgIpc) is 2.68. The van der Waals surface area contributed by atoms with Crippen LogP contribution in [0.1, 0.15) is 26.9 Å². The van der Waals surface area contributed by atoms with Gasteiger partial charge in [0.2, 0.25) is 0 Å². The molecule has 0 aliphatic carbocycles. The minimum atomic E-state index is -0.228. The zero-order valence-corrected chi connectivity index (χ0v) is 10.1. The molecule has 3 heteroatoms. The lowest BCUT2D eigenvalue weighted by atomic mass is 10.0. The Morgan fingerprint density at radius 1 is 1.19 bits per heavy atom. The Morgan fingerprint density at radius 2 is 1.94 bits per heavy atom. The fourth-order valence-corrected chi connectivity index (χ4v) is 2.49. The smallest absolute Gasteiger partial charge is 0.126 e. The van der Waals surface area contributed by atoms with Crippen LogP contribution in [-0.2, 0) is 0 Å². The number of thiophene rings is 1. The summed E-state index contributed by atoms with van der Waals surface area (Å²) in [6.45, 7) is 3.79. The first-order valence-corrected chi connectivity index (χ1v) is 5.97. The fraction of sp³-hybridized carbons (Fsp3) is 0.231. The molecule has 2 aromatic rings. The van der Waals surface area contributed by atoms with Gasteiger partial charge in [-0.25, -0.2) is 4.39 Å². The second-order valence-corrected chi connectivity index (χ2v) is 5.25. The van der Waals surface area contributed by atoms with Crippen LogP contribution in [0.15, 0.2) is 30.3 Å². The van der Waals surface area contributed by atoms with Gasteiger partial charge in [-0.05, 0) is 43.2 Å². The Bertz CT molecular complexity index is 504. The molecule has 1 atom stereocenters. The lowest BCUT2D eigenvalue weighted by molar-refractivity contribution is 0.614. The molecule has 2 N–H and O–H groups in total. The van der Waals surface area contributed by atoms with Gasteiger partial charge in [0.1, 0.15) is 5.82 Å². The van der Waals surface area contributed by atoms with Gasteiger partial charge in [-0.3, -0.25) is 0 Å². The SMILES string of the molecule is Cc1ccc(C(N)c2ccc(C)c(F)c2)s1. The zero-order valence-electron chi connectivity index (χ0n) is 9.33. The van der Waals surface area contributed by atoms with Gasteiger partial charge in [-0.15, -0.1) is 11.3 Å². The van der Waals surface area contributed by atoms with E-state index in [-0.39, 0.29) is 11.9 Å². The van der Waals surface area contributed by atoms with Gasteiger partial charge >= 0.3 is 0 Å². The van der Waals surface area contributed by atoms with Crippen molar-refractivity contribution in [1.29, 1.82) is 0 Å². The lowest BCUT2D eigenvalue weighted by Crippen LogP contribution is -2.10. The molecule has 84 valence electrons. The summed E-state index contributed by atoms with van der Waals surface area (Å²) in [6, 6.07) is 8.99. The first kappa shape index (κ1) is 11.3. The number of benzene rings is 1. The highest BCUT2D eigenvalue weighted by molar-refractivity contribution is 7.12. The van der Waals surface area contributed by atoms with Gasteiger partial charge in [-0.2, -0.15) is 0 Å². The van der Waals surface area contributed by atoms with E-state index in [1.165, 1.54) is 10.9 Å². The maximum atomic E-state index is 13.4. The highest BCUT2D eigenvalue weighted by Crippen LogP contribution is 2.27. The molecular formula is C13H14FNS. The Hall–Kier alpha value is -1.19. The van der Waals surface area contributed by atoms with Gasteiger partial charge < -0.3 is 5.73 Å². The number of rotatable bonds is 2. The van der Waals surface area contributed by atoms with Crippen LogP contribution in [0.3, 0.4) is 0 Å². The third-order valence-electron chi connectivity index (χ3n) is 2.62. The summed E-state index contributed by atoms with van der Waals surface area (Å²) >= 11 is 1.65. The van der Waals surface area contributed by atoms with Crippen molar-refractivity contribution in [2.24, 2.45) is 5.73 Å². The number of hydrogen-bond acceptors (Lipinski definition) is 2. The average molecular weight is 235 g/mol. The van der Waals surface area contributed by atoms with Crippen molar-refractivity contribution in [2.75, 3.05) is 0 Å². The predicted molar refractivity (Wildman–Crippen MR) is 66.2 cm³/mol. The molecule has 0 amide bonds. The van der Waals surface area contributed by atoms with Crippen molar-refractivity contribution in [3.8, 4) is 0 Å². The Labute approximate surface area is 98.7 Å². The molecular weight excluding hydrogens is 221 g/mol. The Morgan fingerprint density at radius 3 is 2.50 bits per heavy atom. The van der Waals surface area contributed by atoms with Crippen LogP contribution in [0.4, 0.5) is 4.39 Å². The monoisotopic (exact) mass is 235 g/mol. The van der Waals surface area contributed by atoms with Crippen LogP contribution in [0, 0.1) is 19.7 Å². The minimum Gasteiger partial charge on any atom is -0.320 e. The summed E-state index contributed by atoms with van der Waals surface area (Å²) in [5.74, 6) is -0.193. The van der Waals surface area contributed by atoms with Crippen LogP contribution in [0.5, 0.6) is 0 Å². The van der Waals surface area contributed by atoms with E-state index in [4.69, 9.17) is 5.73 Å². The van der Waals surface area contributed by atoms with E-state index < -0.39 is 0 Å². The van der Waals surface area contributed by atoms with Gasteiger partial charge in [0.25, 0.3) is 0 Å². The van der Waals surface area contributed by atoms with Crippen molar-refractivity contribution in [1.82, 2.24) is 0 Å². The summed E-state index contributed by atoms with van der Waals surface area (Å²) in [5, 5.41) is 0. The van der Waals surface area contributed by atoms with E-state index in [1.54, 1.807) is 24.3 Å². The molecule has 0 fully saturated rings. The van der Waals surface area contributed by atoms with E-state index in [2.05, 4.69) is 0 Å². The summed E-state index contributed by atoms with van der Waals surface area (Å²) in [6.07, 6.45) is 0. The minimum absolute atomic E-state index is 0.193. The predicted octanol–water partition coefficient (Wildman–Crippen LogP) is 3.55. The normalized spacial score (nSPS) is 12.8. The maximum absolute atomic E-state index is 13.4. The second kappa shape index (κ2) is 4.36. The van der Waals surface area contributed by atoms with Crippen molar-refractivity contribution in [3.63, 3.8) is 0 Å². The molecule has 0 aliphatic heterocycles. The van der Waals surface area contributed by atoms with Crippen LogP contribution in [-0.4, -0.2) is 0 Å². The molecule has 1 aromatic carbocycles. The van der Waals surface area contributed by atoms with Crippen molar-refractivity contribution in [2.45, 2.75) is 19.9 Å². The van der Waals surface area contributed by atoms with E-state index in [1.807, 2.05) is 25.1 Å². The van der Waals surface area contributed by atoms with E-state index >= 15 is 0 Å². The van der Waals surface area contributed by atoms with Crippen LogP contribution in [0.2, 0.25) is 0 Å². The Balaban J connectivity index is 2.33. The van der Waals surface area contributed by atoms with E-state index in [0.29, 0.717) is 5.56 Å². The lowest BCUT2D eigenvalue weighted by Gasteiger charge is -2.10. The van der Waals surface area contributed by atoms with Gasteiger partial charge in [-0.1, -0.05) is 12.1 Å². The van der Waals surface area contributed by atoms with Gasteiger partial charge in [0.05, 0.1) is 6.04 Å². The topological polar surface area (TPSA) is 26.0 Å². The summed E-state index contributed by atoms with van der Waals surface area (Å²) < 4.78 is 13.4. The molecule has 0 radical (unpaired) electrons. The van der Waals surface area contributed by atoms with Crippen LogP contribution in [0.25, 0.3) is 0 Å². The quantitative estimate of drug-likeness (QED) is 0.846. The molecule has 1 heterocycles. The van der Waals surface area contributed by atoms with Crippen LogP contribution >= 0.6 is 11.3 Å². The molecule has 1 nitrogen and oxygen atoms in total. The summed E-state index contributed by atoms with van der Waals surface area (Å²) in [4.78, 5) is 2.29. The van der Waals surface area contributed by atoms with Crippen molar-refractivity contribution >= 4 is 11.3 Å². The number of halogens is 1. The molecule has 0 saturated carbocycles. The van der Waals surface area contributed by atoms with Gasteiger partial charge in [0, 0.05) is 9.75 Å². The highest BCUT2D eigenvalue weighted by atomic mass is 32.1. The molecule has 0 aliphatic rings. The third-order valence-corrected chi connectivity index (χ3v) is 3.71. The molecule has 2 rings (SSSR count). The van der Waals surface area contributed by atoms with Crippen LogP contribution < -0.4 is 5.73 Å². The van der Waals surface area contributed by atoms with Crippen molar-refractivity contribution < 1.29 is 4.39 Å². The number of hydrogen-bond donors (Lipinski definition) is 1. The zero-order chi connectivity index (χ0) is 11.7. The van der Waals surface area contributed by atoms with E-state index in [9.17, 15) is 4.39 Å². The second-order valence-electron chi connectivity index (χ2n) is 3.93. The molecule has 1 unspecified atom stereocenters.